The van der Waals surface area contributed by atoms with Crippen molar-refractivity contribution < 1.29 is 14.3 Å². The SMILES string of the molecule is O=C(CO)N1CC=C(c2ccccc2F)CC1. The smallest absolute Gasteiger partial charge is 0.248 e. The van der Waals surface area contributed by atoms with E-state index in [-0.39, 0.29) is 11.7 Å². The molecule has 0 radical (unpaired) electrons. The molecule has 0 aliphatic carbocycles. The summed E-state index contributed by atoms with van der Waals surface area (Å²) in [6, 6.07) is 6.63. The molecule has 1 heterocycles. The quantitative estimate of drug-likeness (QED) is 0.842. The summed E-state index contributed by atoms with van der Waals surface area (Å²) in [4.78, 5) is 12.8. The van der Waals surface area contributed by atoms with Crippen molar-refractivity contribution in [1.82, 2.24) is 4.90 Å². The van der Waals surface area contributed by atoms with Crippen LogP contribution in [0, 0.1) is 5.82 Å². The maximum absolute atomic E-state index is 13.5. The lowest BCUT2D eigenvalue weighted by atomic mass is 9.99. The minimum atomic E-state index is -0.469. The zero-order chi connectivity index (χ0) is 12.3. The second-order valence-electron chi connectivity index (χ2n) is 3.96. The average molecular weight is 235 g/mol. The van der Waals surface area contributed by atoms with E-state index in [1.807, 2.05) is 6.08 Å². The van der Waals surface area contributed by atoms with Crippen LogP contribution in [0.25, 0.3) is 5.57 Å². The maximum Gasteiger partial charge on any atom is 0.248 e. The molecule has 1 amide bonds. The third kappa shape index (κ3) is 2.53. The van der Waals surface area contributed by atoms with Crippen molar-refractivity contribution in [3.8, 4) is 0 Å². The van der Waals surface area contributed by atoms with Gasteiger partial charge in [-0.1, -0.05) is 24.3 Å². The van der Waals surface area contributed by atoms with Gasteiger partial charge in [0, 0.05) is 18.7 Å². The van der Waals surface area contributed by atoms with Crippen LogP contribution in [0.15, 0.2) is 30.3 Å². The molecule has 1 aliphatic rings. The van der Waals surface area contributed by atoms with Crippen molar-refractivity contribution in [2.75, 3.05) is 19.7 Å². The topological polar surface area (TPSA) is 40.5 Å². The molecule has 0 spiro atoms. The highest BCUT2D eigenvalue weighted by Crippen LogP contribution is 2.24. The molecule has 0 saturated heterocycles. The van der Waals surface area contributed by atoms with Crippen LogP contribution in [0.4, 0.5) is 4.39 Å². The molecule has 17 heavy (non-hydrogen) atoms. The Labute approximate surface area is 99.2 Å². The van der Waals surface area contributed by atoms with Gasteiger partial charge in [0.15, 0.2) is 0 Å². The Balaban J connectivity index is 2.14. The number of carbonyl (C=O) groups is 1. The van der Waals surface area contributed by atoms with Crippen LogP contribution in [0.1, 0.15) is 12.0 Å². The molecule has 90 valence electrons. The minimum Gasteiger partial charge on any atom is -0.387 e. The Morgan fingerprint density at radius 1 is 1.41 bits per heavy atom. The summed E-state index contributed by atoms with van der Waals surface area (Å²) in [5.41, 5.74) is 1.52. The van der Waals surface area contributed by atoms with Gasteiger partial charge in [-0.15, -0.1) is 0 Å². The van der Waals surface area contributed by atoms with E-state index < -0.39 is 6.61 Å². The van der Waals surface area contributed by atoms with Gasteiger partial charge in [-0.2, -0.15) is 0 Å². The second-order valence-corrected chi connectivity index (χ2v) is 3.96. The highest BCUT2D eigenvalue weighted by Gasteiger charge is 2.18. The van der Waals surface area contributed by atoms with Crippen LogP contribution in [0.5, 0.6) is 0 Å². The highest BCUT2D eigenvalue weighted by atomic mass is 19.1. The number of carbonyl (C=O) groups excluding carboxylic acids is 1. The largest absolute Gasteiger partial charge is 0.387 e. The van der Waals surface area contributed by atoms with E-state index in [2.05, 4.69) is 0 Å². The third-order valence-electron chi connectivity index (χ3n) is 2.92. The molecule has 0 unspecified atom stereocenters. The van der Waals surface area contributed by atoms with E-state index in [0.717, 1.165) is 5.57 Å². The lowest BCUT2D eigenvalue weighted by Crippen LogP contribution is -2.36. The first-order valence-electron chi connectivity index (χ1n) is 5.55. The molecule has 0 saturated carbocycles. The number of hydrogen-bond donors (Lipinski definition) is 1. The predicted molar refractivity (Wildman–Crippen MR) is 62.7 cm³/mol. The van der Waals surface area contributed by atoms with Crippen LogP contribution < -0.4 is 0 Å². The molecule has 0 bridgehead atoms. The molecular weight excluding hydrogens is 221 g/mol. The van der Waals surface area contributed by atoms with Gasteiger partial charge in [0.05, 0.1) is 0 Å². The Morgan fingerprint density at radius 3 is 2.76 bits per heavy atom. The number of halogens is 1. The molecule has 4 heteroatoms. The van der Waals surface area contributed by atoms with E-state index in [1.54, 1.807) is 23.1 Å². The number of amides is 1. The zero-order valence-electron chi connectivity index (χ0n) is 9.40. The van der Waals surface area contributed by atoms with Crippen molar-refractivity contribution in [3.05, 3.63) is 41.7 Å². The normalized spacial score (nSPS) is 15.6. The molecular formula is C13H14FNO2. The average Bonchev–Trinajstić information content (AvgIpc) is 2.39. The van der Waals surface area contributed by atoms with Crippen molar-refractivity contribution in [3.63, 3.8) is 0 Å². The van der Waals surface area contributed by atoms with Crippen LogP contribution in [-0.2, 0) is 4.79 Å². The number of aliphatic hydroxyl groups excluding tert-OH is 1. The molecule has 0 fully saturated rings. The van der Waals surface area contributed by atoms with Crippen molar-refractivity contribution in [2.24, 2.45) is 0 Å². The Bertz CT molecular complexity index is 456. The van der Waals surface area contributed by atoms with Crippen molar-refractivity contribution in [2.45, 2.75) is 6.42 Å². The summed E-state index contributed by atoms with van der Waals surface area (Å²) in [7, 11) is 0. The number of hydrogen-bond acceptors (Lipinski definition) is 2. The van der Waals surface area contributed by atoms with Crippen molar-refractivity contribution in [1.29, 1.82) is 0 Å². The lowest BCUT2D eigenvalue weighted by molar-refractivity contribution is -0.133. The first-order chi connectivity index (χ1) is 8.22. The van der Waals surface area contributed by atoms with Crippen LogP contribution in [0.3, 0.4) is 0 Å². The van der Waals surface area contributed by atoms with E-state index in [9.17, 15) is 9.18 Å². The molecule has 1 N–H and O–H groups in total. The van der Waals surface area contributed by atoms with Crippen LogP contribution in [0.2, 0.25) is 0 Å². The number of aliphatic hydroxyl groups is 1. The molecule has 1 aliphatic heterocycles. The standard InChI is InChI=1S/C13H14FNO2/c14-12-4-2-1-3-11(12)10-5-7-15(8-6-10)13(17)9-16/h1-5,16H,6-9H2. The molecule has 0 atom stereocenters. The fourth-order valence-electron chi connectivity index (χ4n) is 1.96. The molecule has 1 aromatic carbocycles. The number of nitrogens with zero attached hydrogens (tertiary/aromatic N) is 1. The van der Waals surface area contributed by atoms with Gasteiger partial charge < -0.3 is 10.0 Å². The Morgan fingerprint density at radius 2 is 2.18 bits per heavy atom. The van der Waals surface area contributed by atoms with E-state index >= 15 is 0 Å². The highest BCUT2D eigenvalue weighted by molar-refractivity contribution is 5.79. The summed E-state index contributed by atoms with van der Waals surface area (Å²) in [5.74, 6) is -0.519. The van der Waals surface area contributed by atoms with Crippen LogP contribution >= 0.6 is 0 Å². The fourth-order valence-corrected chi connectivity index (χ4v) is 1.96. The molecule has 0 aromatic heterocycles. The third-order valence-corrected chi connectivity index (χ3v) is 2.92. The van der Waals surface area contributed by atoms with Crippen molar-refractivity contribution >= 4 is 11.5 Å². The summed E-state index contributed by atoms with van der Waals surface area (Å²) in [6.45, 7) is 0.492. The second kappa shape index (κ2) is 5.10. The van der Waals surface area contributed by atoms with Gasteiger partial charge in [-0.05, 0) is 18.1 Å². The van der Waals surface area contributed by atoms with Gasteiger partial charge >= 0.3 is 0 Å². The van der Waals surface area contributed by atoms with E-state index in [1.165, 1.54) is 6.07 Å². The summed E-state index contributed by atoms with van der Waals surface area (Å²) in [6.07, 6.45) is 2.46. The van der Waals surface area contributed by atoms with Gasteiger partial charge in [-0.3, -0.25) is 4.79 Å². The van der Waals surface area contributed by atoms with Gasteiger partial charge in [0.1, 0.15) is 12.4 Å². The minimum absolute atomic E-state index is 0.235. The summed E-state index contributed by atoms with van der Waals surface area (Å²) in [5, 5.41) is 8.74. The summed E-state index contributed by atoms with van der Waals surface area (Å²) >= 11 is 0. The summed E-state index contributed by atoms with van der Waals surface area (Å²) < 4.78 is 13.5. The monoisotopic (exact) mass is 235 g/mol. The predicted octanol–water partition coefficient (Wildman–Crippen LogP) is 1.43. The molecule has 2 rings (SSSR count). The molecule has 1 aromatic rings. The van der Waals surface area contributed by atoms with E-state index in [0.29, 0.717) is 25.1 Å². The first kappa shape index (κ1) is 11.8. The van der Waals surface area contributed by atoms with Gasteiger partial charge in [-0.25, -0.2) is 4.39 Å². The van der Waals surface area contributed by atoms with Crippen LogP contribution in [-0.4, -0.2) is 35.6 Å². The molecule has 3 nitrogen and oxygen atoms in total. The Hall–Kier alpha value is -1.68. The maximum atomic E-state index is 13.5. The number of benzene rings is 1. The number of rotatable bonds is 2. The first-order valence-corrected chi connectivity index (χ1v) is 5.55. The lowest BCUT2D eigenvalue weighted by Gasteiger charge is -2.26. The van der Waals surface area contributed by atoms with Gasteiger partial charge in [0.25, 0.3) is 0 Å². The Kier molecular flexibility index (Phi) is 3.54. The van der Waals surface area contributed by atoms with E-state index in [4.69, 9.17) is 5.11 Å². The zero-order valence-corrected chi connectivity index (χ0v) is 9.40. The van der Waals surface area contributed by atoms with Gasteiger partial charge in [0.2, 0.25) is 5.91 Å². The fraction of sp³-hybridized carbons (Fsp3) is 0.308.